The largest absolute Gasteiger partial charge is 0.497 e. The third-order valence-corrected chi connectivity index (χ3v) is 6.36. The molecule has 3 heterocycles. The Balaban J connectivity index is 1.31. The highest BCUT2D eigenvalue weighted by molar-refractivity contribution is 6.39. The fraction of sp³-hybridized carbons (Fsp3) is 0.192. The number of fused-ring (bicyclic) bond motifs is 1. The monoisotopic (exact) mass is 519 g/mol. The molecule has 37 heavy (non-hydrogen) atoms. The molecule has 0 spiro atoms. The second-order valence-corrected chi connectivity index (χ2v) is 8.86. The van der Waals surface area contributed by atoms with Crippen LogP contribution in [0.3, 0.4) is 0 Å². The van der Waals surface area contributed by atoms with Crippen molar-refractivity contribution in [2.45, 2.75) is 20.0 Å². The van der Waals surface area contributed by atoms with Crippen molar-refractivity contribution in [3.8, 4) is 11.5 Å². The van der Waals surface area contributed by atoms with Crippen LogP contribution in [0.2, 0.25) is 5.02 Å². The number of nitrogens with zero attached hydrogens (tertiary/aromatic N) is 4. The molecule has 5 rings (SSSR count). The number of carbonyl (C=O) groups excluding carboxylic acids is 1. The highest BCUT2D eigenvalue weighted by Gasteiger charge is 2.21. The minimum absolute atomic E-state index is 0.276. The van der Waals surface area contributed by atoms with Crippen LogP contribution in [0.1, 0.15) is 21.6 Å². The molecule has 2 aromatic carbocycles. The van der Waals surface area contributed by atoms with E-state index in [1.807, 2.05) is 42.4 Å². The standard InChI is InChI=1S/C26H26ClN7O3/c1-16-23-24(27)22(26(35)29-18-6-10-21(37-3)11-7-18)12-28-25(23)34(31-16)15-19-14-33(32-30-19)13-17-4-8-20(36-2)9-5-17/h4-12,14,30,32H,13,15H2,1-3H3,(H,29,35). The number of methoxy groups -OCH3 is 2. The minimum Gasteiger partial charge on any atom is -0.497 e. The molecule has 10 nitrogen and oxygen atoms in total. The molecule has 190 valence electrons. The van der Waals surface area contributed by atoms with Crippen LogP contribution >= 0.6 is 11.6 Å². The number of aromatic nitrogens is 3. The van der Waals surface area contributed by atoms with E-state index in [9.17, 15) is 4.79 Å². The molecule has 1 aliphatic rings. The Morgan fingerprint density at radius 1 is 1.03 bits per heavy atom. The summed E-state index contributed by atoms with van der Waals surface area (Å²) in [4.78, 5) is 17.5. The van der Waals surface area contributed by atoms with Crippen LogP contribution in [0.5, 0.6) is 11.5 Å². The number of pyridine rings is 1. The van der Waals surface area contributed by atoms with Gasteiger partial charge in [-0.25, -0.2) is 9.67 Å². The molecular formula is C26H26ClN7O3. The van der Waals surface area contributed by atoms with Gasteiger partial charge < -0.3 is 20.2 Å². The van der Waals surface area contributed by atoms with Gasteiger partial charge in [-0.2, -0.15) is 5.10 Å². The fourth-order valence-electron chi connectivity index (χ4n) is 4.07. The summed E-state index contributed by atoms with van der Waals surface area (Å²) in [6.45, 7) is 2.95. The average Bonchev–Trinajstić information content (AvgIpc) is 3.48. The Morgan fingerprint density at radius 3 is 2.38 bits per heavy atom. The molecule has 4 aromatic rings. The average molecular weight is 520 g/mol. The molecule has 0 unspecified atom stereocenters. The molecule has 0 atom stereocenters. The Morgan fingerprint density at radius 2 is 1.70 bits per heavy atom. The molecule has 2 aromatic heterocycles. The summed E-state index contributed by atoms with van der Waals surface area (Å²) in [5.41, 5.74) is 10.5. The topological polar surface area (TPSA) is 106 Å². The molecule has 0 radical (unpaired) electrons. The minimum atomic E-state index is -0.352. The van der Waals surface area contributed by atoms with E-state index in [2.05, 4.69) is 26.4 Å². The van der Waals surface area contributed by atoms with Crippen molar-refractivity contribution in [3.05, 3.63) is 88.5 Å². The summed E-state index contributed by atoms with van der Waals surface area (Å²) >= 11 is 6.69. The molecular weight excluding hydrogens is 494 g/mol. The first-order valence-electron chi connectivity index (χ1n) is 11.5. The lowest BCUT2D eigenvalue weighted by molar-refractivity contribution is 0.102. The zero-order chi connectivity index (χ0) is 25.9. The molecule has 0 bridgehead atoms. The number of allylic oxidation sites excluding steroid dienone is 1. The number of anilines is 1. The van der Waals surface area contributed by atoms with E-state index in [4.69, 9.17) is 21.1 Å². The summed E-state index contributed by atoms with van der Waals surface area (Å²) in [7, 11) is 3.24. The highest BCUT2D eigenvalue weighted by Crippen LogP contribution is 2.29. The van der Waals surface area contributed by atoms with Gasteiger partial charge in [-0.1, -0.05) is 23.7 Å². The smallest absolute Gasteiger partial charge is 0.258 e. The Bertz CT molecular complexity index is 1470. The number of hydrazine groups is 2. The number of amides is 1. The SMILES string of the molecule is COc1ccc(CN2C=C(Cn3nc(C)c4c(Cl)c(C(=O)Nc5ccc(OC)cc5)cnc43)NN2)cc1. The summed E-state index contributed by atoms with van der Waals surface area (Å²) in [6.07, 6.45) is 3.46. The van der Waals surface area contributed by atoms with Crippen molar-refractivity contribution >= 4 is 34.2 Å². The Kier molecular flexibility index (Phi) is 6.85. The summed E-state index contributed by atoms with van der Waals surface area (Å²) < 4.78 is 12.1. The fourth-order valence-corrected chi connectivity index (χ4v) is 4.42. The van der Waals surface area contributed by atoms with Crippen LogP contribution < -0.4 is 25.8 Å². The maximum atomic E-state index is 12.9. The summed E-state index contributed by atoms with van der Waals surface area (Å²) in [6, 6.07) is 15.0. The van der Waals surface area contributed by atoms with E-state index < -0.39 is 0 Å². The van der Waals surface area contributed by atoms with Gasteiger partial charge in [-0.05, 0) is 48.9 Å². The van der Waals surface area contributed by atoms with Crippen LogP contribution in [0.25, 0.3) is 11.0 Å². The van der Waals surface area contributed by atoms with Gasteiger partial charge >= 0.3 is 0 Å². The summed E-state index contributed by atoms with van der Waals surface area (Å²) in [5, 5.41) is 10.4. The molecule has 0 saturated heterocycles. The van der Waals surface area contributed by atoms with Gasteiger partial charge in [0, 0.05) is 18.1 Å². The zero-order valence-corrected chi connectivity index (χ0v) is 21.3. The van der Waals surface area contributed by atoms with Crippen molar-refractivity contribution in [2.24, 2.45) is 0 Å². The lowest BCUT2D eigenvalue weighted by atomic mass is 10.2. The van der Waals surface area contributed by atoms with E-state index >= 15 is 0 Å². The second kappa shape index (κ2) is 10.4. The highest BCUT2D eigenvalue weighted by atomic mass is 35.5. The van der Waals surface area contributed by atoms with Crippen molar-refractivity contribution in [1.82, 2.24) is 30.7 Å². The first-order valence-corrected chi connectivity index (χ1v) is 11.9. The third kappa shape index (κ3) is 5.16. The number of nitrogens with one attached hydrogen (secondary N) is 3. The van der Waals surface area contributed by atoms with Crippen molar-refractivity contribution < 1.29 is 14.3 Å². The van der Waals surface area contributed by atoms with E-state index in [-0.39, 0.29) is 11.5 Å². The number of aryl methyl sites for hydroxylation is 1. The number of benzene rings is 2. The van der Waals surface area contributed by atoms with Gasteiger partial charge in [0.1, 0.15) is 11.5 Å². The Labute approximate surface area is 218 Å². The van der Waals surface area contributed by atoms with Gasteiger partial charge in [0.15, 0.2) is 5.65 Å². The predicted octanol–water partition coefficient (Wildman–Crippen LogP) is 4.03. The molecule has 0 aliphatic carbocycles. The van der Waals surface area contributed by atoms with Gasteiger partial charge in [0.25, 0.3) is 5.91 Å². The van der Waals surface area contributed by atoms with Crippen LogP contribution in [0.4, 0.5) is 5.69 Å². The maximum absolute atomic E-state index is 12.9. The van der Waals surface area contributed by atoms with E-state index in [1.165, 1.54) is 6.20 Å². The summed E-state index contributed by atoms with van der Waals surface area (Å²) in [5.74, 6) is 1.17. The van der Waals surface area contributed by atoms with E-state index in [1.54, 1.807) is 43.2 Å². The number of carbonyl (C=O) groups is 1. The Hall–Kier alpha value is -4.28. The zero-order valence-electron chi connectivity index (χ0n) is 20.6. The van der Waals surface area contributed by atoms with Crippen LogP contribution in [-0.4, -0.2) is 39.9 Å². The van der Waals surface area contributed by atoms with Crippen LogP contribution in [-0.2, 0) is 13.1 Å². The number of hydrogen-bond acceptors (Lipinski definition) is 8. The molecule has 0 fully saturated rings. The first-order chi connectivity index (χ1) is 17.9. The molecule has 11 heteroatoms. The normalized spacial score (nSPS) is 12.9. The van der Waals surface area contributed by atoms with Gasteiger partial charge in [-0.15, -0.1) is 5.53 Å². The van der Waals surface area contributed by atoms with Gasteiger partial charge in [0.05, 0.1) is 54.7 Å². The lowest BCUT2D eigenvalue weighted by Crippen LogP contribution is -2.36. The van der Waals surface area contributed by atoms with Gasteiger partial charge in [0.2, 0.25) is 0 Å². The van der Waals surface area contributed by atoms with Crippen LogP contribution in [0, 0.1) is 6.92 Å². The van der Waals surface area contributed by atoms with Crippen LogP contribution in [0.15, 0.2) is 66.6 Å². The van der Waals surface area contributed by atoms with Gasteiger partial charge in [-0.3, -0.25) is 9.80 Å². The number of rotatable bonds is 8. The number of hydrogen-bond donors (Lipinski definition) is 3. The van der Waals surface area contributed by atoms with E-state index in [0.717, 1.165) is 17.0 Å². The van der Waals surface area contributed by atoms with Crippen molar-refractivity contribution in [2.75, 3.05) is 19.5 Å². The quantitative estimate of drug-likeness (QED) is 0.320. The second-order valence-electron chi connectivity index (χ2n) is 8.48. The lowest BCUT2D eigenvalue weighted by Gasteiger charge is -2.15. The van der Waals surface area contributed by atoms with Crippen molar-refractivity contribution in [1.29, 1.82) is 0 Å². The molecule has 0 saturated carbocycles. The number of ether oxygens (including phenoxy) is 2. The molecule has 1 amide bonds. The van der Waals surface area contributed by atoms with Crippen molar-refractivity contribution in [3.63, 3.8) is 0 Å². The maximum Gasteiger partial charge on any atom is 0.258 e. The molecule has 1 aliphatic heterocycles. The molecule has 3 N–H and O–H groups in total. The first kappa shape index (κ1) is 24.4. The predicted molar refractivity (Wildman–Crippen MR) is 141 cm³/mol. The third-order valence-electron chi connectivity index (χ3n) is 5.97. The number of halogens is 1. The van der Waals surface area contributed by atoms with E-state index in [0.29, 0.717) is 46.3 Å².